The van der Waals surface area contributed by atoms with Gasteiger partial charge in [0.2, 0.25) is 0 Å². The summed E-state index contributed by atoms with van der Waals surface area (Å²) < 4.78 is 11.4. The Bertz CT molecular complexity index is 721. The highest BCUT2D eigenvalue weighted by Crippen LogP contribution is 2.19. The number of likely N-dealkylation sites (N-methyl/N-ethyl adjacent to an activating group) is 1. The molecule has 1 atom stereocenters. The summed E-state index contributed by atoms with van der Waals surface area (Å²) >= 11 is 0. The van der Waals surface area contributed by atoms with Crippen molar-refractivity contribution in [1.29, 1.82) is 0 Å². The van der Waals surface area contributed by atoms with Gasteiger partial charge in [0.15, 0.2) is 0 Å². The lowest BCUT2D eigenvalue weighted by molar-refractivity contribution is 0.0936. The Morgan fingerprint density at radius 3 is 2.63 bits per heavy atom. The summed E-state index contributed by atoms with van der Waals surface area (Å²) in [5, 5.41) is 3.07. The Hall–Kier alpha value is -2.53. The fourth-order valence-corrected chi connectivity index (χ4v) is 3.46. The number of nitrogens with zero attached hydrogens (tertiary/aromatic N) is 1. The molecule has 3 rings (SSSR count). The molecule has 2 aromatic carbocycles. The maximum atomic E-state index is 12.6. The molecule has 1 saturated heterocycles. The molecule has 5 nitrogen and oxygen atoms in total. The number of carbonyl (C=O) groups is 1. The summed E-state index contributed by atoms with van der Waals surface area (Å²) in [4.78, 5) is 15.1. The number of para-hydroxylation sites is 2. The molecule has 1 amide bonds. The van der Waals surface area contributed by atoms with E-state index in [0.29, 0.717) is 37.1 Å². The molecule has 1 heterocycles. The number of ether oxygens (including phenoxy) is 2. The Kier molecular flexibility index (Phi) is 7.11. The molecule has 144 valence electrons. The van der Waals surface area contributed by atoms with Crippen molar-refractivity contribution >= 4 is 5.91 Å². The van der Waals surface area contributed by atoms with Gasteiger partial charge in [-0.25, -0.2) is 0 Å². The van der Waals surface area contributed by atoms with Gasteiger partial charge in [-0.1, -0.05) is 37.3 Å². The van der Waals surface area contributed by atoms with Crippen molar-refractivity contribution < 1.29 is 14.3 Å². The Balaban J connectivity index is 1.49. The summed E-state index contributed by atoms with van der Waals surface area (Å²) in [6.07, 6.45) is 2.35. The first-order valence-corrected chi connectivity index (χ1v) is 9.70. The molecule has 0 saturated carbocycles. The largest absolute Gasteiger partial charge is 0.490 e. The molecule has 0 aromatic heterocycles. The lowest BCUT2D eigenvalue weighted by atomic mass is 10.1. The zero-order valence-electron chi connectivity index (χ0n) is 15.9. The number of amides is 1. The van der Waals surface area contributed by atoms with Crippen molar-refractivity contribution in [3.63, 3.8) is 0 Å². The SMILES string of the molecule is CCN1CCCC1CNC(=O)c1ccccc1OCCOc1ccccc1. The standard InChI is InChI=1S/C22H28N2O3/c1-2-24-14-8-9-18(24)17-23-22(25)20-12-6-7-13-21(20)27-16-15-26-19-10-4-3-5-11-19/h3-7,10-13,18H,2,8-9,14-17H2,1H3,(H,23,25). The molecule has 1 unspecified atom stereocenters. The first kappa shape index (κ1) is 19.2. The molecule has 1 N–H and O–H groups in total. The fourth-order valence-electron chi connectivity index (χ4n) is 3.46. The average molecular weight is 368 g/mol. The molecule has 2 aromatic rings. The van der Waals surface area contributed by atoms with E-state index in [0.717, 1.165) is 25.3 Å². The number of carbonyl (C=O) groups excluding carboxylic acids is 1. The van der Waals surface area contributed by atoms with Crippen molar-refractivity contribution in [2.24, 2.45) is 0 Å². The van der Waals surface area contributed by atoms with Crippen molar-refractivity contribution in [1.82, 2.24) is 10.2 Å². The number of likely N-dealkylation sites (tertiary alicyclic amines) is 1. The van der Waals surface area contributed by atoms with Crippen LogP contribution >= 0.6 is 0 Å². The first-order valence-electron chi connectivity index (χ1n) is 9.70. The second kappa shape index (κ2) is 9.97. The molecule has 27 heavy (non-hydrogen) atoms. The highest BCUT2D eigenvalue weighted by atomic mass is 16.5. The lowest BCUT2D eigenvalue weighted by Gasteiger charge is -2.23. The summed E-state index contributed by atoms with van der Waals surface area (Å²) in [5.41, 5.74) is 0.568. The van der Waals surface area contributed by atoms with Crippen LogP contribution in [0.5, 0.6) is 11.5 Å². The summed E-state index contributed by atoms with van der Waals surface area (Å²) in [6.45, 7) is 5.80. The minimum Gasteiger partial charge on any atom is -0.490 e. The molecular weight excluding hydrogens is 340 g/mol. The first-order chi connectivity index (χ1) is 13.3. The van der Waals surface area contributed by atoms with Crippen LogP contribution in [0, 0.1) is 0 Å². The van der Waals surface area contributed by atoms with E-state index in [2.05, 4.69) is 17.1 Å². The van der Waals surface area contributed by atoms with E-state index in [1.54, 1.807) is 6.07 Å². The van der Waals surface area contributed by atoms with E-state index >= 15 is 0 Å². The van der Waals surface area contributed by atoms with Gasteiger partial charge in [0.25, 0.3) is 5.91 Å². The molecule has 0 spiro atoms. The van der Waals surface area contributed by atoms with Gasteiger partial charge in [0.1, 0.15) is 24.7 Å². The normalized spacial score (nSPS) is 16.9. The number of hydrogen-bond acceptors (Lipinski definition) is 4. The second-order valence-electron chi connectivity index (χ2n) is 6.64. The van der Waals surface area contributed by atoms with Crippen molar-refractivity contribution in [3.05, 3.63) is 60.2 Å². The van der Waals surface area contributed by atoms with Crippen LogP contribution < -0.4 is 14.8 Å². The zero-order chi connectivity index (χ0) is 18.9. The van der Waals surface area contributed by atoms with Crippen molar-refractivity contribution in [2.75, 3.05) is 32.8 Å². The number of rotatable bonds is 9. The van der Waals surface area contributed by atoms with E-state index in [4.69, 9.17) is 9.47 Å². The molecule has 0 radical (unpaired) electrons. The third kappa shape index (κ3) is 5.47. The molecule has 1 fully saturated rings. The second-order valence-corrected chi connectivity index (χ2v) is 6.64. The van der Waals surface area contributed by atoms with Crippen LogP contribution in [0.15, 0.2) is 54.6 Å². The Morgan fingerprint density at radius 2 is 1.81 bits per heavy atom. The maximum absolute atomic E-state index is 12.6. The highest BCUT2D eigenvalue weighted by molar-refractivity contribution is 5.96. The van der Waals surface area contributed by atoms with E-state index in [9.17, 15) is 4.79 Å². The van der Waals surface area contributed by atoms with Gasteiger partial charge in [-0.3, -0.25) is 9.69 Å². The van der Waals surface area contributed by atoms with Crippen LogP contribution in [0.4, 0.5) is 0 Å². The number of nitrogens with one attached hydrogen (secondary N) is 1. The van der Waals surface area contributed by atoms with E-state index < -0.39 is 0 Å². The lowest BCUT2D eigenvalue weighted by Crippen LogP contribution is -2.40. The highest BCUT2D eigenvalue weighted by Gasteiger charge is 2.23. The fraction of sp³-hybridized carbons (Fsp3) is 0.409. The van der Waals surface area contributed by atoms with Crippen LogP contribution in [-0.2, 0) is 0 Å². The molecule has 0 bridgehead atoms. The van der Waals surface area contributed by atoms with Gasteiger partial charge < -0.3 is 14.8 Å². The Morgan fingerprint density at radius 1 is 1.07 bits per heavy atom. The topological polar surface area (TPSA) is 50.8 Å². The van der Waals surface area contributed by atoms with Gasteiger partial charge in [-0.15, -0.1) is 0 Å². The molecule has 5 heteroatoms. The summed E-state index contributed by atoms with van der Waals surface area (Å²) in [6, 6.07) is 17.4. The van der Waals surface area contributed by atoms with Crippen LogP contribution in [0.3, 0.4) is 0 Å². The van der Waals surface area contributed by atoms with Crippen LogP contribution in [-0.4, -0.2) is 49.7 Å². The van der Waals surface area contributed by atoms with Gasteiger partial charge in [-0.05, 0) is 50.2 Å². The van der Waals surface area contributed by atoms with Crippen molar-refractivity contribution in [3.8, 4) is 11.5 Å². The minimum atomic E-state index is -0.0856. The molecule has 0 aliphatic carbocycles. The third-order valence-electron chi connectivity index (χ3n) is 4.89. The van der Waals surface area contributed by atoms with Gasteiger partial charge in [0.05, 0.1) is 5.56 Å². The maximum Gasteiger partial charge on any atom is 0.255 e. The van der Waals surface area contributed by atoms with E-state index in [1.165, 1.54) is 6.42 Å². The van der Waals surface area contributed by atoms with Crippen molar-refractivity contribution in [2.45, 2.75) is 25.8 Å². The van der Waals surface area contributed by atoms with Gasteiger partial charge >= 0.3 is 0 Å². The van der Waals surface area contributed by atoms with Gasteiger partial charge in [-0.2, -0.15) is 0 Å². The minimum absolute atomic E-state index is 0.0856. The molecular formula is C22H28N2O3. The summed E-state index contributed by atoms with van der Waals surface area (Å²) in [5.74, 6) is 1.31. The number of hydrogen-bond donors (Lipinski definition) is 1. The van der Waals surface area contributed by atoms with E-state index in [-0.39, 0.29) is 5.91 Å². The molecule has 1 aliphatic heterocycles. The quantitative estimate of drug-likeness (QED) is 0.690. The molecule has 1 aliphatic rings. The van der Waals surface area contributed by atoms with Crippen LogP contribution in [0.1, 0.15) is 30.1 Å². The van der Waals surface area contributed by atoms with Crippen LogP contribution in [0.25, 0.3) is 0 Å². The zero-order valence-corrected chi connectivity index (χ0v) is 15.9. The predicted octanol–water partition coefficient (Wildman–Crippen LogP) is 3.36. The van der Waals surface area contributed by atoms with Gasteiger partial charge in [0, 0.05) is 12.6 Å². The monoisotopic (exact) mass is 368 g/mol. The van der Waals surface area contributed by atoms with Crippen LogP contribution in [0.2, 0.25) is 0 Å². The predicted molar refractivity (Wildman–Crippen MR) is 106 cm³/mol. The average Bonchev–Trinajstić information content (AvgIpc) is 3.18. The smallest absolute Gasteiger partial charge is 0.255 e. The Labute approximate surface area is 161 Å². The third-order valence-corrected chi connectivity index (χ3v) is 4.89. The van der Waals surface area contributed by atoms with E-state index in [1.807, 2.05) is 48.5 Å². The number of benzene rings is 2. The summed E-state index contributed by atoms with van der Waals surface area (Å²) in [7, 11) is 0.